The van der Waals surface area contributed by atoms with E-state index in [0.717, 1.165) is 44.9 Å². The Bertz CT molecular complexity index is 1080. The number of hydrogen-bond acceptors (Lipinski definition) is 5. The van der Waals surface area contributed by atoms with Gasteiger partial charge >= 0.3 is 5.97 Å². The summed E-state index contributed by atoms with van der Waals surface area (Å²) in [4.78, 5) is 24.5. The van der Waals surface area contributed by atoms with Gasteiger partial charge in [-0.3, -0.25) is 9.59 Å². The maximum atomic E-state index is 12.5. The highest BCUT2D eigenvalue weighted by Gasteiger charge is 2.20. The van der Waals surface area contributed by atoms with Gasteiger partial charge in [0.25, 0.3) is 0 Å². The SMILES string of the molecule is CCCCCC/C=C\CCCCCCCC(=O)OCCCCCCCCCCCCCCCCCCCCCCCCCCCCCCCCC(=O)NC(CO)C(O)CCCCCCCCCCCCCC. The Morgan fingerprint density at radius 1 is 0.375 bits per heavy atom. The summed E-state index contributed by atoms with van der Waals surface area (Å²) < 4.78 is 5.48. The predicted molar refractivity (Wildman–Crippen MR) is 315 cm³/mol. The molecule has 2 atom stereocenters. The molecule has 0 bridgehead atoms. The van der Waals surface area contributed by atoms with Gasteiger partial charge in [0.2, 0.25) is 5.91 Å². The van der Waals surface area contributed by atoms with Crippen LogP contribution in [0.5, 0.6) is 0 Å². The largest absolute Gasteiger partial charge is 0.466 e. The van der Waals surface area contributed by atoms with Crippen molar-refractivity contribution in [3.8, 4) is 0 Å². The number of amides is 1. The Kier molecular flexibility index (Phi) is 60.9. The number of unbranched alkanes of at least 4 members (excludes halogenated alkanes) is 49. The maximum absolute atomic E-state index is 12.5. The van der Waals surface area contributed by atoms with E-state index in [1.807, 2.05) is 0 Å². The lowest BCUT2D eigenvalue weighted by Gasteiger charge is -2.22. The highest BCUT2D eigenvalue weighted by Crippen LogP contribution is 2.19. The number of esters is 1. The first kappa shape index (κ1) is 70.6. The second-order valence-corrected chi connectivity index (χ2v) is 22.8. The zero-order valence-electron chi connectivity index (χ0n) is 48.9. The molecule has 2 unspecified atom stereocenters. The summed E-state index contributed by atoms with van der Waals surface area (Å²) in [6.07, 6.45) is 75.4. The Labute approximate surface area is 450 Å². The number of carbonyl (C=O) groups excluding carboxylic acids is 2. The average Bonchev–Trinajstić information content (AvgIpc) is 3.38. The van der Waals surface area contributed by atoms with E-state index in [9.17, 15) is 19.8 Å². The van der Waals surface area contributed by atoms with E-state index in [2.05, 4.69) is 31.3 Å². The first-order valence-electron chi connectivity index (χ1n) is 32.9. The summed E-state index contributed by atoms with van der Waals surface area (Å²) in [5.74, 6) is -0.0182. The number of hydrogen-bond donors (Lipinski definition) is 3. The monoisotopic (exact) mass is 1020 g/mol. The molecule has 0 aromatic heterocycles. The smallest absolute Gasteiger partial charge is 0.305 e. The molecule has 72 heavy (non-hydrogen) atoms. The van der Waals surface area contributed by atoms with Crippen molar-refractivity contribution in [2.24, 2.45) is 0 Å². The summed E-state index contributed by atoms with van der Waals surface area (Å²) in [5.41, 5.74) is 0. The number of aliphatic hydroxyl groups excluding tert-OH is 2. The van der Waals surface area contributed by atoms with Crippen LogP contribution < -0.4 is 5.32 Å². The van der Waals surface area contributed by atoms with Gasteiger partial charge in [-0.25, -0.2) is 0 Å². The second kappa shape index (κ2) is 62.1. The standard InChI is InChI=1S/C66H129NO5/c1-3-5-7-9-11-13-15-35-40-44-48-52-56-60-66(71)72-61-57-53-49-45-41-37-34-32-30-28-26-24-22-20-18-17-19-21-23-25-27-29-31-33-36-39-43-47-51-55-59-65(70)67-63(62-68)64(69)58-54-50-46-42-38-16-14-12-10-8-6-4-2/h13,15,63-64,68-69H,3-12,14,16-62H2,1-2H3,(H,67,70)/b15-13-. The van der Waals surface area contributed by atoms with Crippen molar-refractivity contribution < 1.29 is 24.5 Å². The number of ether oxygens (including phenoxy) is 1. The third-order valence-corrected chi connectivity index (χ3v) is 15.6. The molecular weight excluding hydrogens is 887 g/mol. The van der Waals surface area contributed by atoms with Crippen LogP contribution in [0, 0.1) is 0 Å². The van der Waals surface area contributed by atoms with Crippen LogP contribution in [0.4, 0.5) is 0 Å². The molecule has 0 rings (SSSR count). The van der Waals surface area contributed by atoms with Gasteiger partial charge in [-0.15, -0.1) is 0 Å². The molecule has 0 aliphatic rings. The fourth-order valence-electron chi connectivity index (χ4n) is 10.5. The molecule has 1 amide bonds. The van der Waals surface area contributed by atoms with Gasteiger partial charge in [0.15, 0.2) is 0 Å². The first-order valence-corrected chi connectivity index (χ1v) is 32.9. The predicted octanol–water partition coefficient (Wildman–Crippen LogP) is 20.8. The van der Waals surface area contributed by atoms with Crippen molar-refractivity contribution in [3.63, 3.8) is 0 Å². The van der Waals surface area contributed by atoms with Gasteiger partial charge in [-0.1, -0.05) is 321 Å². The molecule has 0 spiro atoms. The Balaban J connectivity index is 3.31. The van der Waals surface area contributed by atoms with E-state index < -0.39 is 12.1 Å². The van der Waals surface area contributed by atoms with Crippen LogP contribution in [0.25, 0.3) is 0 Å². The number of nitrogens with one attached hydrogen (secondary N) is 1. The summed E-state index contributed by atoms with van der Waals surface area (Å²) in [6, 6.07) is -0.536. The summed E-state index contributed by atoms with van der Waals surface area (Å²) >= 11 is 0. The first-order chi connectivity index (χ1) is 35.5. The topological polar surface area (TPSA) is 95.9 Å². The van der Waals surface area contributed by atoms with Gasteiger partial charge in [-0.05, 0) is 51.4 Å². The minimum Gasteiger partial charge on any atom is -0.466 e. The summed E-state index contributed by atoms with van der Waals surface area (Å²) in [5, 5.41) is 23.2. The molecule has 6 nitrogen and oxygen atoms in total. The van der Waals surface area contributed by atoms with Crippen LogP contribution in [0.15, 0.2) is 12.2 Å². The molecule has 0 heterocycles. The van der Waals surface area contributed by atoms with Crippen molar-refractivity contribution >= 4 is 11.9 Å². The lowest BCUT2D eigenvalue weighted by molar-refractivity contribution is -0.143. The number of carbonyl (C=O) groups is 2. The van der Waals surface area contributed by atoms with E-state index in [-0.39, 0.29) is 18.5 Å². The van der Waals surface area contributed by atoms with Crippen molar-refractivity contribution in [3.05, 3.63) is 12.2 Å². The average molecular weight is 1020 g/mol. The van der Waals surface area contributed by atoms with Crippen LogP contribution >= 0.6 is 0 Å². The molecule has 0 saturated heterocycles. The Morgan fingerprint density at radius 2 is 0.653 bits per heavy atom. The number of aliphatic hydroxyl groups is 2. The van der Waals surface area contributed by atoms with Gasteiger partial charge < -0.3 is 20.3 Å². The lowest BCUT2D eigenvalue weighted by Crippen LogP contribution is -2.45. The van der Waals surface area contributed by atoms with Gasteiger partial charge in [0, 0.05) is 12.8 Å². The Morgan fingerprint density at radius 3 is 1.00 bits per heavy atom. The molecule has 0 aromatic rings. The van der Waals surface area contributed by atoms with Crippen LogP contribution in [0.2, 0.25) is 0 Å². The van der Waals surface area contributed by atoms with Gasteiger partial charge in [0.1, 0.15) is 0 Å². The fraction of sp³-hybridized carbons (Fsp3) is 0.939. The number of allylic oxidation sites excluding steroid dienone is 2. The minimum atomic E-state index is -0.659. The quantitative estimate of drug-likeness (QED) is 0.0320. The molecule has 3 N–H and O–H groups in total. The zero-order chi connectivity index (χ0) is 52.2. The molecule has 0 fully saturated rings. The summed E-state index contributed by atoms with van der Waals surface area (Å²) in [6.45, 7) is 4.96. The van der Waals surface area contributed by atoms with E-state index in [4.69, 9.17) is 4.74 Å². The third-order valence-electron chi connectivity index (χ3n) is 15.6. The van der Waals surface area contributed by atoms with Crippen molar-refractivity contribution in [1.29, 1.82) is 0 Å². The highest BCUT2D eigenvalue weighted by atomic mass is 16.5. The van der Waals surface area contributed by atoms with Crippen molar-refractivity contribution in [2.45, 2.75) is 386 Å². The van der Waals surface area contributed by atoms with Gasteiger partial charge in [-0.2, -0.15) is 0 Å². The van der Waals surface area contributed by atoms with Gasteiger partial charge in [0.05, 0.1) is 25.4 Å². The highest BCUT2D eigenvalue weighted by molar-refractivity contribution is 5.76. The maximum Gasteiger partial charge on any atom is 0.305 e. The van der Waals surface area contributed by atoms with E-state index in [1.165, 1.54) is 295 Å². The van der Waals surface area contributed by atoms with Crippen LogP contribution in [-0.2, 0) is 14.3 Å². The van der Waals surface area contributed by atoms with Crippen molar-refractivity contribution in [2.75, 3.05) is 13.2 Å². The Hall–Kier alpha value is -1.40. The third kappa shape index (κ3) is 57.9. The normalized spacial score (nSPS) is 12.6. The molecule has 0 aliphatic carbocycles. The molecule has 0 saturated carbocycles. The van der Waals surface area contributed by atoms with E-state index in [0.29, 0.717) is 25.9 Å². The zero-order valence-corrected chi connectivity index (χ0v) is 48.9. The number of rotatable bonds is 62. The summed E-state index contributed by atoms with van der Waals surface area (Å²) in [7, 11) is 0. The second-order valence-electron chi connectivity index (χ2n) is 22.8. The van der Waals surface area contributed by atoms with E-state index >= 15 is 0 Å². The molecule has 0 aromatic carbocycles. The molecule has 428 valence electrons. The molecule has 0 aliphatic heterocycles. The van der Waals surface area contributed by atoms with Crippen LogP contribution in [-0.4, -0.2) is 47.4 Å². The fourth-order valence-corrected chi connectivity index (χ4v) is 10.5. The van der Waals surface area contributed by atoms with Crippen LogP contribution in [0.1, 0.15) is 373 Å². The van der Waals surface area contributed by atoms with Crippen molar-refractivity contribution in [1.82, 2.24) is 5.32 Å². The van der Waals surface area contributed by atoms with E-state index in [1.54, 1.807) is 0 Å². The minimum absolute atomic E-state index is 0.0114. The molecular formula is C66H129NO5. The lowest BCUT2D eigenvalue weighted by atomic mass is 10.0. The molecule has 6 heteroatoms. The van der Waals surface area contributed by atoms with Crippen LogP contribution in [0.3, 0.4) is 0 Å². The molecule has 0 radical (unpaired) electrons.